The molecule has 0 aliphatic carbocycles. The number of thiophene rings is 1. The van der Waals surface area contributed by atoms with Crippen LogP contribution in [0.1, 0.15) is 32.2 Å². The van der Waals surface area contributed by atoms with E-state index in [-0.39, 0.29) is 5.91 Å². The number of nitrogens with one attached hydrogen (secondary N) is 1. The molecule has 0 fully saturated rings. The Morgan fingerprint density at radius 2 is 2.04 bits per heavy atom. The van der Waals surface area contributed by atoms with Crippen molar-refractivity contribution in [2.75, 3.05) is 0 Å². The lowest BCUT2D eigenvalue weighted by molar-refractivity contribution is 0.0950. The number of halogens is 1. The van der Waals surface area contributed by atoms with Gasteiger partial charge in [-0.2, -0.15) is 0 Å². The number of carbonyl (C=O) groups is 1. The minimum atomic E-state index is -0.0551. The molecule has 0 saturated heterocycles. The Labute approximate surface area is 150 Å². The average molecular weight is 359 g/mol. The maximum Gasteiger partial charge on any atom is 0.253 e. The van der Waals surface area contributed by atoms with Crippen LogP contribution in [0.2, 0.25) is 5.02 Å². The van der Waals surface area contributed by atoms with Gasteiger partial charge in [0, 0.05) is 27.8 Å². The third-order valence-corrected chi connectivity index (χ3v) is 5.15. The van der Waals surface area contributed by atoms with Crippen LogP contribution in [-0.4, -0.2) is 10.5 Å². The van der Waals surface area contributed by atoms with Crippen molar-refractivity contribution in [2.45, 2.75) is 26.9 Å². The summed E-state index contributed by atoms with van der Waals surface area (Å²) in [5, 5.41) is 5.72. The summed E-state index contributed by atoms with van der Waals surface area (Å²) in [6, 6.07) is 13.6. The van der Waals surface area contributed by atoms with Crippen LogP contribution >= 0.6 is 22.9 Å². The summed E-state index contributed by atoms with van der Waals surface area (Å²) < 4.78 is 2.18. The van der Waals surface area contributed by atoms with Gasteiger partial charge < -0.3 is 9.88 Å². The fourth-order valence-corrected chi connectivity index (χ4v) is 3.66. The highest BCUT2D eigenvalue weighted by Gasteiger charge is 2.15. The van der Waals surface area contributed by atoms with Crippen LogP contribution in [0.5, 0.6) is 0 Å². The first kappa shape index (κ1) is 16.8. The summed E-state index contributed by atoms with van der Waals surface area (Å²) in [6.07, 6.45) is 0. The lowest BCUT2D eigenvalue weighted by Gasteiger charge is -2.09. The normalized spacial score (nSPS) is 10.8. The standard InChI is InChI=1S/C19H19ClN2OS/c1-13-9-18(14(2)22(13)12-17-7-4-8-24-17)19(23)21-11-15-5-3-6-16(20)10-15/h3-10H,11-12H2,1-2H3,(H,21,23). The molecule has 1 N–H and O–H groups in total. The third kappa shape index (κ3) is 3.71. The van der Waals surface area contributed by atoms with Gasteiger partial charge in [0.15, 0.2) is 0 Å². The molecular weight excluding hydrogens is 340 g/mol. The van der Waals surface area contributed by atoms with Gasteiger partial charge in [-0.05, 0) is 49.1 Å². The molecule has 0 spiro atoms. The zero-order valence-corrected chi connectivity index (χ0v) is 15.2. The zero-order chi connectivity index (χ0) is 17.1. The fourth-order valence-electron chi connectivity index (χ4n) is 2.76. The van der Waals surface area contributed by atoms with Crippen molar-refractivity contribution in [2.24, 2.45) is 0 Å². The summed E-state index contributed by atoms with van der Waals surface area (Å²) in [5.41, 5.74) is 3.80. The van der Waals surface area contributed by atoms with E-state index in [1.54, 1.807) is 11.3 Å². The van der Waals surface area contributed by atoms with Gasteiger partial charge in [-0.1, -0.05) is 29.8 Å². The first-order valence-corrected chi connectivity index (χ1v) is 9.02. The van der Waals surface area contributed by atoms with Gasteiger partial charge in [-0.25, -0.2) is 0 Å². The second-order valence-electron chi connectivity index (χ2n) is 5.76. The molecule has 3 aromatic rings. The number of rotatable bonds is 5. The number of benzene rings is 1. The van der Waals surface area contributed by atoms with Crippen molar-refractivity contribution < 1.29 is 4.79 Å². The van der Waals surface area contributed by atoms with E-state index in [0.717, 1.165) is 29.1 Å². The summed E-state index contributed by atoms with van der Waals surface area (Å²) in [4.78, 5) is 13.8. The van der Waals surface area contributed by atoms with E-state index in [1.807, 2.05) is 50.2 Å². The van der Waals surface area contributed by atoms with Crippen molar-refractivity contribution in [3.05, 3.63) is 80.3 Å². The SMILES string of the molecule is Cc1cc(C(=O)NCc2cccc(Cl)c2)c(C)n1Cc1cccs1. The quantitative estimate of drug-likeness (QED) is 0.698. The molecule has 1 amide bonds. The van der Waals surface area contributed by atoms with Crippen LogP contribution in [0.3, 0.4) is 0 Å². The van der Waals surface area contributed by atoms with Gasteiger partial charge in [-0.3, -0.25) is 4.79 Å². The molecule has 2 aromatic heterocycles. The van der Waals surface area contributed by atoms with E-state index in [1.165, 1.54) is 4.88 Å². The van der Waals surface area contributed by atoms with E-state index in [9.17, 15) is 4.79 Å². The molecule has 0 aliphatic heterocycles. The van der Waals surface area contributed by atoms with Crippen LogP contribution < -0.4 is 5.32 Å². The maximum atomic E-state index is 12.5. The summed E-state index contributed by atoms with van der Waals surface area (Å²) in [6.45, 7) is 5.30. The predicted molar refractivity (Wildman–Crippen MR) is 99.9 cm³/mol. The summed E-state index contributed by atoms with van der Waals surface area (Å²) in [7, 11) is 0. The van der Waals surface area contributed by atoms with Gasteiger partial charge in [0.1, 0.15) is 0 Å². The number of aromatic nitrogens is 1. The molecule has 0 saturated carbocycles. The molecule has 0 bridgehead atoms. The molecule has 3 nitrogen and oxygen atoms in total. The Kier molecular flexibility index (Phi) is 5.07. The van der Waals surface area contributed by atoms with E-state index in [2.05, 4.69) is 21.3 Å². The minimum Gasteiger partial charge on any atom is -0.348 e. The summed E-state index contributed by atoms with van der Waals surface area (Å²) in [5.74, 6) is -0.0551. The Balaban J connectivity index is 1.73. The van der Waals surface area contributed by atoms with Crippen molar-refractivity contribution in [1.82, 2.24) is 9.88 Å². The zero-order valence-electron chi connectivity index (χ0n) is 13.7. The lowest BCUT2D eigenvalue weighted by Crippen LogP contribution is -2.23. The number of hydrogen-bond acceptors (Lipinski definition) is 2. The van der Waals surface area contributed by atoms with Crippen molar-refractivity contribution in [3.63, 3.8) is 0 Å². The first-order valence-electron chi connectivity index (χ1n) is 7.76. The second kappa shape index (κ2) is 7.24. The molecule has 5 heteroatoms. The van der Waals surface area contributed by atoms with E-state index in [0.29, 0.717) is 11.6 Å². The van der Waals surface area contributed by atoms with Gasteiger partial charge in [0.2, 0.25) is 0 Å². The average Bonchev–Trinajstić information content (AvgIpc) is 3.16. The van der Waals surface area contributed by atoms with Crippen molar-refractivity contribution in [3.8, 4) is 0 Å². The van der Waals surface area contributed by atoms with E-state index >= 15 is 0 Å². The van der Waals surface area contributed by atoms with Gasteiger partial charge in [0.05, 0.1) is 12.1 Å². The molecule has 0 radical (unpaired) electrons. The molecule has 0 atom stereocenters. The highest BCUT2D eigenvalue weighted by atomic mass is 35.5. The molecular formula is C19H19ClN2OS. The van der Waals surface area contributed by atoms with Gasteiger partial charge in [-0.15, -0.1) is 11.3 Å². The lowest BCUT2D eigenvalue weighted by atomic mass is 10.2. The van der Waals surface area contributed by atoms with Crippen LogP contribution in [0.25, 0.3) is 0 Å². The highest BCUT2D eigenvalue weighted by molar-refractivity contribution is 7.09. The Bertz CT molecular complexity index is 852. The second-order valence-corrected chi connectivity index (χ2v) is 7.23. The fraction of sp³-hybridized carbons (Fsp3) is 0.211. The molecule has 2 heterocycles. The molecule has 0 unspecified atom stereocenters. The van der Waals surface area contributed by atoms with Gasteiger partial charge >= 0.3 is 0 Å². The van der Waals surface area contributed by atoms with Crippen molar-refractivity contribution >= 4 is 28.8 Å². The van der Waals surface area contributed by atoms with E-state index < -0.39 is 0 Å². The number of nitrogens with zero attached hydrogens (tertiary/aromatic N) is 1. The van der Waals surface area contributed by atoms with Crippen LogP contribution in [0.4, 0.5) is 0 Å². The number of hydrogen-bond donors (Lipinski definition) is 1. The topological polar surface area (TPSA) is 34.0 Å². The number of amides is 1. The van der Waals surface area contributed by atoms with Crippen molar-refractivity contribution in [1.29, 1.82) is 0 Å². The molecule has 3 rings (SSSR count). The summed E-state index contributed by atoms with van der Waals surface area (Å²) >= 11 is 7.71. The highest BCUT2D eigenvalue weighted by Crippen LogP contribution is 2.19. The number of carbonyl (C=O) groups excluding carboxylic acids is 1. The van der Waals surface area contributed by atoms with Gasteiger partial charge in [0.25, 0.3) is 5.91 Å². The predicted octanol–water partition coefficient (Wildman–Crippen LogP) is 4.80. The minimum absolute atomic E-state index is 0.0551. The van der Waals surface area contributed by atoms with Crippen LogP contribution in [0, 0.1) is 13.8 Å². The first-order chi connectivity index (χ1) is 11.5. The van der Waals surface area contributed by atoms with E-state index in [4.69, 9.17) is 11.6 Å². The monoisotopic (exact) mass is 358 g/mol. The largest absolute Gasteiger partial charge is 0.348 e. The maximum absolute atomic E-state index is 12.5. The Hall–Kier alpha value is -2.04. The Morgan fingerprint density at radius 3 is 2.75 bits per heavy atom. The smallest absolute Gasteiger partial charge is 0.253 e. The number of aryl methyl sites for hydroxylation is 1. The third-order valence-electron chi connectivity index (χ3n) is 4.05. The van der Waals surface area contributed by atoms with Crippen LogP contribution in [0.15, 0.2) is 47.8 Å². The molecule has 1 aromatic carbocycles. The Morgan fingerprint density at radius 1 is 1.21 bits per heavy atom. The molecule has 124 valence electrons. The van der Waals surface area contributed by atoms with Crippen LogP contribution in [-0.2, 0) is 13.1 Å². The molecule has 0 aliphatic rings. The molecule has 24 heavy (non-hydrogen) atoms.